The number of phenols is 4. The first-order valence-corrected chi connectivity index (χ1v) is 12.6. The number of aryl methyl sites for hydroxylation is 2. The highest BCUT2D eigenvalue weighted by Crippen LogP contribution is 2.56. The molecule has 0 saturated carbocycles. The highest BCUT2D eigenvalue weighted by atomic mass is 16.5. The molecule has 0 heterocycles. The first kappa shape index (κ1) is 25.3. The van der Waals surface area contributed by atoms with Gasteiger partial charge >= 0.3 is 0 Å². The minimum Gasteiger partial charge on any atom is -0.507 e. The van der Waals surface area contributed by atoms with E-state index < -0.39 is 23.4 Å². The normalized spacial score (nSPS) is 17.0. The maximum atomic E-state index is 13.8. The van der Waals surface area contributed by atoms with Gasteiger partial charge in [-0.15, -0.1) is 0 Å². The zero-order chi connectivity index (χ0) is 28.6. The van der Waals surface area contributed by atoms with Gasteiger partial charge in [0.25, 0.3) is 0 Å². The molecule has 0 fully saturated rings. The van der Waals surface area contributed by atoms with E-state index in [0.29, 0.717) is 44.9 Å². The van der Waals surface area contributed by atoms with Crippen molar-refractivity contribution in [2.75, 3.05) is 14.2 Å². The van der Waals surface area contributed by atoms with Crippen molar-refractivity contribution >= 4 is 11.6 Å². The summed E-state index contributed by atoms with van der Waals surface area (Å²) in [6.07, 6.45) is 0. The molecule has 0 aliphatic heterocycles. The van der Waals surface area contributed by atoms with Crippen molar-refractivity contribution in [3.63, 3.8) is 0 Å². The lowest BCUT2D eigenvalue weighted by molar-refractivity contribution is 0.101. The molecule has 0 saturated heterocycles. The monoisotopic (exact) mass is 538 g/mol. The number of hydrogen-bond acceptors (Lipinski definition) is 8. The number of benzene rings is 4. The number of methoxy groups -OCH3 is 2. The van der Waals surface area contributed by atoms with Crippen LogP contribution in [0.5, 0.6) is 34.5 Å². The summed E-state index contributed by atoms with van der Waals surface area (Å²) in [6, 6.07) is 12.5. The van der Waals surface area contributed by atoms with E-state index in [9.17, 15) is 30.0 Å². The zero-order valence-electron chi connectivity index (χ0n) is 22.2. The predicted octanol–water partition coefficient (Wildman–Crippen LogP) is 5.20. The largest absolute Gasteiger partial charge is 0.507 e. The average molecular weight is 539 g/mol. The van der Waals surface area contributed by atoms with E-state index in [1.54, 1.807) is 38.1 Å². The molecular formula is C32H26O8. The molecule has 8 nitrogen and oxygen atoms in total. The van der Waals surface area contributed by atoms with Gasteiger partial charge in [-0.05, 0) is 71.5 Å². The quantitative estimate of drug-likeness (QED) is 0.280. The summed E-state index contributed by atoms with van der Waals surface area (Å²) in [6.45, 7) is 3.58. The SMILES string of the molecule is COc1cc(O)c2c(c1)[C@@H]([C@H]1c3cc(C)cc(O)c3C(=O)c3c(O)cc(OC)cc31)c1cc(C)cc(O)c1C2=O. The minimum atomic E-state index is -0.757. The second kappa shape index (κ2) is 8.77. The molecule has 8 heteroatoms. The highest BCUT2D eigenvalue weighted by Gasteiger charge is 2.46. The van der Waals surface area contributed by atoms with E-state index in [1.807, 2.05) is 0 Å². The van der Waals surface area contributed by atoms with Crippen molar-refractivity contribution < 1.29 is 39.5 Å². The molecule has 40 heavy (non-hydrogen) atoms. The standard InChI is InChI=1S/C32H26O8/c1-13-5-17-25(19-9-15(39-3)11-23(35)29(19)31(37)27(17)21(33)7-13)26-18-6-14(2)8-22(34)28(18)32(38)30-20(26)10-16(40-4)12-24(30)36/h5-12,25-26,33-36H,1-4H3/t25-,26-/m0/s1. The highest BCUT2D eigenvalue weighted by molar-refractivity contribution is 6.18. The Morgan fingerprint density at radius 3 is 1.12 bits per heavy atom. The average Bonchev–Trinajstić information content (AvgIpc) is 2.88. The van der Waals surface area contributed by atoms with Gasteiger partial charge in [0, 0.05) is 24.0 Å². The second-order valence-corrected chi connectivity index (χ2v) is 10.3. The molecule has 0 bridgehead atoms. The minimum absolute atomic E-state index is 0.00134. The van der Waals surface area contributed by atoms with E-state index in [2.05, 4.69) is 0 Å². The van der Waals surface area contributed by atoms with Gasteiger partial charge in [-0.2, -0.15) is 0 Å². The molecule has 0 aromatic heterocycles. The molecule has 4 aromatic carbocycles. The van der Waals surface area contributed by atoms with Gasteiger partial charge in [-0.3, -0.25) is 9.59 Å². The molecule has 0 radical (unpaired) electrons. The molecule has 0 amide bonds. The Morgan fingerprint density at radius 2 is 0.800 bits per heavy atom. The van der Waals surface area contributed by atoms with E-state index in [0.717, 1.165) is 0 Å². The second-order valence-electron chi connectivity index (χ2n) is 10.3. The number of ketones is 2. The van der Waals surface area contributed by atoms with E-state index in [1.165, 1.54) is 38.5 Å². The number of rotatable bonds is 3. The Kier molecular flexibility index (Phi) is 5.55. The van der Waals surface area contributed by atoms with E-state index in [4.69, 9.17) is 9.47 Å². The number of fused-ring (bicyclic) bond motifs is 4. The van der Waals surface area contributed by atoms with E-state index in [-0.39, 0.29) is 45.3 Å². The lowest BCUT2D eigenvalue weighted by atomic mass is 9.63. The molecule has 4 aromatic rings. The first-order chi connectivity index (χ1) is 19.0. The van der Waals surface area contributed by atoms with Gasteiger partial charge in [0.05, 0.1) is 36.5 Å². The lowest BCUT2D eigenvalue weighted by Crippen LogP contribution is -2.30. The Labute approximate surface area is 229 Å². The van der Waals surface area contributed by atoms with Gasteiger partial charge in [-0.25, -0.2) is 0 Å². The Bertz CT molecular complexity index is 1650. The fourth-order valence-electron chi connectivity index (χ4n) is 6.34. The van der Waals surface area contributed by atoms with Crippen LogP contribution in [0.15, 0.2) is 48.5 Å². The summed E-state index contributed by atoms with van der Waals surface area (Å²) in [5.74, 6) is -3.10. The summed E-state index contributed by atoms with van der Waals surface area (Å²) in [5.41, 5.74) is 3.24. The maximum Gasteiger partial charge on any atom is 0.201 e. The van der Waals surface area contributed by atoms with Crippen LogP contribution < -0.4 is 9.47 Å². The fourth-order valence-corrected chi connectivity index (χ4v) is 6.34. The Balaban J connectivity index is 1.80. The molecular weight excluding hydrogens is 512 g/mol. The Morgan fingerprint density at radius 1 is 0.500 bits per heavy atom. The van der Waals surface area contributed by atoms with Crippen LogP contribution in [0, 0.1) is 13.8 Å². The van der Waals surface area contributed by atoms with Gasteiger partial charge in [0.15, 0.2) is 0 Å². The van der Waals surface area contributed by atoms with E-state index >= 15 is 0 Å². The summed E-state index contributed by atoms with van der Waals surface area (Å²) >= 11 is 0. The molecule has 0 spiro atoms. The molecule has 2 aliphatic carbocycles. The number of phenolic OH excluding ortho intramolecular Hbond substituents is 4. The summed E-state index contributed by atoms with van der Waals surface area (Å²) in [4.78, 5) is 27.6. The van der Waals surface area contributed by atoms with Crippen molar-refractivity contribution in [1.82, 2.24) is 0 Å². The zero-order valence-corrected chi connectivity index (χ0v) is 22.2. The van der Waals surface area contributed by atoms with Crippen LogP contribution in [-0.2, 0) is 0 Å². The molecule has 6 rings (SSSR count). The summed E-state index contributed by atoms with van der Waals surface area (Å²) < 4.78 is 10.9. The van der Waals surface area contributed by atoms with Gasteiger partial charge < -0.3 is 29.9 Å². The van der Waals surface area contributed by atoms with Crippen LogP contribution in [0.25, 0.3) is 0 Å². The molecule has 4 N–H and O–H groups in total. The van der Waals surface area contributed by atoms with Crippen LogP contribution in [0.1, 0.15) is 77.1 Å². The van der Waals surface area contributed by atoms with Crippen molar-refractivity contribution in [2.45, 2.75) is 25.7 Å². The fraction of sp³-hybridized carbons (Fsp3) is 0.188. The Hall–Kier alpha value is -4.98. The van der Waals surface area contributed by atoms with Crippen molar-refractivity contribution in [3.05, 3.63) is 104 Å². The summed E-state index contributed by atoms with van der Waals surface area (Å²) in [7, 11) is 2.89. The molecule has 0 unspecified atom stereocenters. The van der Waals surface area contributed by atoms with Crippen LogP contribution in [0.3, 0.4) is 0 Å². The number of aromatic hydroxyl groups is 4. The summed E-state index contributed by atoms with van der Waals surface area (Å²) in [5, 5.41) is 44.1. The molecule has 202 valence electrons. The van der Waals surface area contributed by atoms with Gasteiger partial charge in [0.1, 0.15) is 34.5 Å². The first-order valence-electron chi connectivity index (χ1n) is 12.6. The topological polar surface area (TPSA) is 134 Å². The number of ether oxygens (including phenoxy) is 2. The van der Waals surface area contributed by atoms with Crippen LogP contribution in [0.2, 0.25) is 0 Å². The number of hydrogen-bond donors (Lipinski definition) is 4. The molecule has 2 aliphatic rings. The number of carbonyl (C=O) groups is 2. The third kappa shape index (κ3) is 3.45. The maximum absolute atomic E-state index is 13.8. The predicted molar refractivity (Wildman–Crippen MR) is 146 cm³/mol. The molecule has 2 atom stereocenters. The van der Waals surface area contributed by atoms with Crippen LogP contribution >= 0.6 is 0 Å². The smallest absolute Gasteiger partial charge is 0.201 e. The van der Waals surface area contributed by atoms with Crippen molar-refractivity contribution in [2.24, 2.45) is 0 Å². The van der Waals surface area contributed by atoms with Crippen LogP contribution in [0.4, 0.5) is 0 Å². The van der Waals surface area contributed by atoms with Gasteiger partial charge in [-0.1, -0.05) is 12.1 Å². The van der Waals surface area contributed by atoms with Crippen molar-refractivity contribution in [3.8, 4) is 34.5 Å². The van der Waals surface area contributed by atoms with Crippen molar-refractivity contribution in [1.29, 1.82) is 0 Å². The van der Waals surface area contributed by atoms with Gasteiger partial charge in [0.2, 0.25) is 11.6 Å². The third-order valence-corrected chi connectivity index (χ3v) is 7.88. The number of carbonyl (C=O) groups excluding carboxylic acids is 2. The third-order valence-electron chi connectivity index (χ3n) is 7.88. The van der Waals surface area contributed by atoms with Crippen LogP contribution in [-0.4, -0.2) is 46.2 Å². The lowest BCUT2D eigenvalue weighted by Gasteiger charge is -2.39.